The normalized spacial score (nSPS) is 10.6. The van der Waals surface area contributed by atoms with Gasteiger partial charge >= 0.3 is 0 Å². The Kier molecular flexibility index (Phi) is 4.85. The maximum absolute atomic E-state index is 13.1. The van der Waals surface area contributed by atoms with Crippen LogP contribution in [-0.2, 0) is 0 Å². The second-order valence-electron chi connectivity index (χ2n) is 5.83. The molecule has 3 aromatic rings. The van der Waals surface area contributed by atoms with Gasteiger partial charge in [0.15, 0.2) is 5.13 Å². The average Bonchev–Trinajstić information content (AvgIpc) is 3.06. The van der Waals surface area contributed by atoms with Crippen LogP contribution in [-0.4, -0.2) is 21.0 Å². The fraction of sp³-hybridized carbons (Fsp3) is 0.167. The minimum absolute atomic E-state index is 0.121. The summed E-state index contributed by atoms with van der Waals surface area (Å²) in [6.07, 6.45) is 2.57. The minimum atomic E-state index is -0.413. The molecule has 3 rings (SSSR count). The smallest absolute Gasteiger partial charge is 0.267 e. The first-order valence-corrected chi connectivity index (χ1v) is 8.62. The van der Waals surface area contributed by atoms with E-state index in [4.69, 9.17) is 0 Å². The predicted octanol–water partition coefficient (Wildman–Crippen LogP) is 4.30. The van der Waals surface area contributed by atoms with Crippen molar-refractivity contribution in [3.8, 4) is 5.75 Å². The maximum atomic E-state index is 13.1. The zero-order valence-electron chi connectivity index (χ0n) is 14.4. The van der Waals surface area contributed by atoms with Crippen LogP contribution in [0.4, 0.5) is 21.0 Å². The maximum Gasteiger partial charge on any atom is 0.267 e. The average molecular weight is 372 g/mol. The molecule has 26 heavy (non-hydrogen) atoms. The molecule has 2 heterocycles. The number of hydrogen-bond acceptors (Lipinski definition) is 6. The van der Waals surface area contributed by atoms with Crippen molar-refractivity contribution in [1.82, 2.24) is 9.97 Å². The molecule has 0 radical (unpaired) electrons. The third kappa shape index (κ3) is 3.65. The van der Waals surface area contributed by atoms with Crippen molar-refractivity contribution in [3.63, 3.8) is 0 Å². The van der Waals surface area contributed by atoms with Crippen LogP contribution in [0.15, 0.2) is 30.6 Å². The van der Waals surface area contributed by atoms with Crippen molar-refractivity contribution in [2.45, 2.75) is 20.8 Å². The van der Waals surface area contributed by atoms with E-state index in [-0.39, 0.29) is 11.7 Å². The number of benzene rings is 1. The van der Waals surface area contributed by atoms with Gasteiger partial charge in [-0.15, -0.1) is 0 Å². The first-order chi connectivity index (χ1) is 12.3. The Morgan fingerprint density at radius 1 is 1.15 bits per heavy atom. The fourth-order valence-corrected chi connectivity index (χ4v) is 3.12. The molecular weight excluding hydrogens is 355 g/mol. The summed E-state index contributed by atoms with van der Waals surface area (Å²) in [4.78, 5) is 21.0. The molecule has 0 aliphatic carbocycles. The molecule has 0 aliphatic rings. The number of phenols is 1. The Hall–Kier alpha value is -3.00. The number of aromatic nitrogens is 2. The monoisotopic (exact) mass is 372 g/mol. The van der Waals surface area contributed by atoms with Gasteiger partial charge in [0, 0.05) is 5.56 Å². The number of nitrogens with zero attached hydrogens (tertiary/aromatic N) is 2. The standard InChI is InChI=1S/C18H17FN4O2S/c1-9-4-5-13(24)11(3)15(9)22-17(25)14-8-21-18(26-14)23-16-10(2)6-12(19)7-20-16/h4-8,24H,1-3H3,(H,22,25)(H,20,21,23). The van der Waals surface area contributed by atoms with Crippen LogP contribution >= 0.6 is 11.3 Å². The quantitative estimate of drug-likeness (QED) is 0.635. The molecular formula is C18H17FN4O2S. The number of rotatable bonds is 4. The van der Waals surface area contributed by atoms with E-state index in [0.717, 1.165) is 23.1 Å². The van der Waals surface area contributed by atoms with E-state index in [0.29, 0.717) is 32.6 Å². The van der Waals surface area contributed by atoms with Crippen LogP contribution in [0.25, 0.3) is 0 Å². The fourth-order valence-electron chi connectivity index (χ4n) is 2.41. The highest BCUT2D eigenvalue weighted by molar-refractivity contribution is 7.17. The van der Waals surface area contributed by atoms with Crippen LogP contribution in [0, 0.1) is 26.6 Å². The van der Waals surface area contributed by atoms with Crippen LogP contribution in [0.3, 0.4) is 0 Å². The molecule has 1 aromatic carbocycles. The zero-order valence-corrected chi connectivity index (χ0v) is 15.2. The van der Waals surface area contributed by atoms with Gasteiger partial charge in [0.25, 0.3) is 5.91 Å². The number of nitrogens with one attached hydrogen (secondary N) is 2. The van der Waals surface area contributed by atoms with E-state index in [9.17, 15) is 14.3 Å². The van der Waals surface area contributed by atoms with Crippen molar-refractivity contribution in [2.75, 3.05) is 10.6 Å². The molecule has 1 amide bonds. The molecule has 134 valence electrons. The molecule has 2 aromatic heterocycles. The van der Waals surface area contributed by atoms with Crippen LogP contribution < -0.4 is 10.6 Å². The molecule has 0 saturated heterocycles. The first kappa shape index (κ1) is 17.8. The second kappa shape index (κ2) is 7.09. The van der Waals surface area contributed by atoms with E-state index < -0.39 is 5.82 Å². The highest BCUT2D eigenvalue weighted by Crippen LogP contribution is 2.29. The van der Waals surface area contributed by atoms with Gasteiger partial charge in [-0.05, 0) is 44.0 Å². The lowest BCUT2D eigenvalue weighted by Gasteiger charge is -2.11. The molecule has 0 atom stereocenters. The summed E-state index contributed by atoms with van der Waals surface area (Å²) in [5.74, 6) is -0.136. The number of carbonyl (C=O) groups excluding carboxylic acids is 1. The Morgan fingerprint density at radius 3 is 2.65 bits per heavy atom. The van der Waals surface area contributed by atoms with E-state index in [1.165, 1.54) is 12.3 Å². The number of halogens is 1. The summed E-state index contributed by atoms with van der Waals surface area (Å²) >= 11 is 1.15. The summed E-state index contributed by atoms with van der Waals surface area (Å²) in [6, 6.07) is 4.69. The van der Waals surface area contributed by atoms with Gasteiger partial charge < -0.3 is 15.7 Å². The van der Waals surface area contributed by atoms with Gasteiger partial charge in [-0.2, -0.15) is 0 Å². The highest BCUT2D eigenvalue weighted by Gasteiger charge is 2.15. The summed E-state index contributed by atoms with van der Waals surface area (Å²) in [5.41, 5.74) is 2.67. The van der Waals surface area contributed by atoms with Gasteiger partial charge in [0.1, 0.15) is 22.3 Å². The lowest BCUT2D eigenvalue weighted by Crippen LogP contribution is -2.12. The van der Waals surface area contributed by atoms with Gasteiger partial charge in [-0.1, -0.05) is 17.4 Å². The van der Waals surface area contributed by atoms with Crippen molar-refractivity contribution in [3.05, 3.63) is 58.0 Å². The van der Waals surface area contributed by atoms with Gasteiger partial charge in [0.2, 0.25) is 0 Å². The zero-order chi connectivity index (χ0) is 18.8. The Balaban J connectivity index is 1.77. The van der Waals surface area contributed by atoms with Crippen molar-refractivity contribution in [2.24, 2.45) is 0 Å². The van der Waals surface area contributed by atoms with E-state index in [1.807, 2.05) is 6.92 Å². The lowest BCUT2D eigenvalue weighted by atomic mass is 10.1. The number of aromatic hydroxyl groups is 1. The molecule has 0 saturated carbocycles. The number of carbonyl (C=O) groups is 1. The molecule has 0 fully saturated rings. The topological polar surface area (TPSA) is 87.1 Å². The summed E-state index contributed by atoms with van der Waals surface area (Å²) in [5, 5.41) is 16.1. The molecule has 3 N–H and O–H groups in total. The van der Waals surface area contributed by atoms with Crippen LogP contribution in [0.1, 0.15) is 26.4 Å². The number of hydrogen-bond donors (Lipinski definition) is 3. The molecule has 0 bridgehead atoms. The molecule has 0 aliphatic heterocycles. The SMILES string of the molecule is Cc1cc(F)cnc1Nc1ncc(C(=O)Nc2c(C)ccc(O)c2C)s1. The second-order valence-corrected chi connectivity index (χ2v) is 6.86. The minimum Gasteiger partial charge on any atom is -0.508 e. The van der Waals surface area contributed by atoms with E-state index in [2.05, 4.69) is 20.6 Å². The number of aryl methyl sites for hydroxylation is 2. The van der Waals surface area contributed by atoms with Crippen molar-refractivity contribution < 1.29 is 14.3 Å². The third-order valence-corrected chi connectivity index (χ3v) is 4.79. The number of amides is 1. The van der Waals surface area contributed by atoms with E-state index >= 15 is 0 Å². The third-order valence-electron chi connectivity index (χ3n) is 3.88. The summed E-state index contributed by atoms with van der Waals surface area (Å²) in [6.45, 7) is 5.32. The molecule has 6 nitrogen and oxygen atoms in total. The van der Waals surface area contributed by atoms with E-state index in [1.54, 1.807) is 26.0 Å². The van der Waals surface area contributed by atoms with Gasteiger partial charge in [0.05, 0.1) is 18.1 Å². The largest absolute Gasteiger partial charge is 0.508 e. The molecule has 0 spiro atoms. The first-order valence-electron chi connectivity index (χ1n) is 7.80. The van der Waals surface area contributed by atoms with Crippen molar-refractivity contribution in [1.29, 1.82) is 0 Å². The van der Waals surface area contributed by atoms with Crippen LogP contribution in [0.2, 0.25) is 0 Å². The summed E-state index contributed by atoms with van der Waals surface area (Å²) in [7, 11) is 0. The number of thiazole rings is 1. The Bertz CT molecular complexity index is 987. The number of phenolic OH excluding ortho intramolecular Hbond substituents is 1. The summed E-state index contributed by atoms with van der Waals surface area (Å²) < 4.78 is 13.1. The predicted molar refractivity (Wildman–Crippen MR) is 99.9 cm³/mol. The van der Waals surface area contributed by atoms with Crippen molar-refractivity contribution >= 4 is 33.9 Å². The molecule has 8 heteroatoms. The Morgan fingerprint density at radius 2 is 1.92 bits per heavy atom. The number of pyridine rings is 1. The van der Waals surface area contributed by atoms with Gasteiger partial charge in [-0.3, -0.25) is 4.79 Å². The van der Waals surface area contributed by atoms with Crippen LogP contribution in [0.5, 0.6) is 5.75 Å². The Labute approximate surface area is 153 Å². The van der Waals surface area contributed by atoms with Gasteiger partial charge in [-0.25, -0.2) is 14.4 Å². The lowest BCUT2D eigenvalue weighted by molar-refractivity contribution is 0.103. The highest BCUT2D eigenvalue weighted by atomic mass is 32.1. The number of anilines is 3. The molecule has 0 unspecified atom stereocenters.